The highest BCUT2D eigenvalue weighted by molar-refractivity contribution is 9.10. The van der Waals surface area contributed by atoms with E-state index >= 15 is 0 Å². The minimum absolute atomic E-state index is 0.0577. The predicted molar refractivity (Wildman–Crippen MR) is 60.1 cm³/mol. The minimum Gasteiger partial charge on any atom is -0.496 e. The van der Waals surface area contributed by atoms with Gasteiger partial charge >= 0.3 is 6.18 Å². The molecule has 6 heteroatoms. The van der Waals surface area contributed by atoms with Crippen LogP contribution < -0.4 is 4.74 Å². The van der Waals surface area contributed by atoms with Crippen molar-refractivity contribution in [3.05, 3.63) is 27.7 Å². The first-order valence-electron chi connectivity index (χ1n) is 4.68. The van der Waals surface area contributed by atoms with Crippen LogP contribution in [0.2, 0.25) is 0 Å². The third-order valence-electron chi connectivity index (χ3n) is 2.12. The van der Waals surface area contributed by atoms with Gasteiger partial charge in [-0.2, -0.15) is 13.2 Å². The monoisotopic (exact) mass is 310 g/mol. The summed E-state index contributed by atoms with van der Waals surface area (Å²) in [5.74, 6) is -0.239. The molecule has 2 nitrogen and oxygen atoms in total. The number of ether oxygens (including phenoxy) is 1. The van der Waals surface area contributed by atoms with E-state index in [1.165, 1.54) is 20.1 Å². The molecule has 94 valence electrons. The standard InChI is InChI=1S/C11H10BrF3O2/c1-6(16)3-7-4-9(12)10(17-2)5-8(7)11(13,14)15/h4-5H,3H2,1-2H3. The zero-order valence-electron chi connectivity index (χ0n) is 9.19. The second-order valence-corrected chi connectivity index (χ2v) is 4.37. The van der Waals surface area contributed by atoms with Crippen LogP contribution in [0.25, 0.3) is 0 Å². The van der Waals surface area contributed by atoms with Crippen LogP contribution >= 0.6 is 15.9 Å². The summed E-state index contributed by atoms with van der Waals surface area (Å²) in [6.07, 6.45) is -4.75. The summed E-state index contributed by atoms with van der Waals surface area (Å²) >= 11 is 3.09. The fraction of sp³-hybridized carbons (Fsp3) is 0.364. The van der Waals surface area contributed by atoms with Crippen LogP contribution in [0.1, 0.15) is 18.1 Å². The van der Waals surface area contributed by atoms with E-state index in [2.05, 4.69) is 15.9 Å². The lowest BCUT2D eigenvalue weighted by Crippen LogP contribution is -2.12. The van der Waals surface area contributed by atoms with E-state index in [9.17, 15) is 18.0 Å². The number of methoxy groups -OCH3 is 1. The number of benzene rings is 1. The third-order valence-corrected chi connectivity index (χ3v) is 2.74. The molecule has 0 fully saturated rings. The van der Waals surface area contributed by atoms with Gasteiger partial charge < -0.3 is 4.74 Å². The van der Waals surface area contributed by atoms with E-state index in [1.54, 1.807) is 0 Å². The number of Topliss-reactive ketones (excluding diaryl/α,β-unsaturated/α-hetero) is 1. The van der Waals surface area contributed by atoms with Gasteiger partial charge in [-0.1, -0.05) is 0 Å². The van der Waals surface area contributed by atoms with Crippen molar-refractivity contribution in [2.75, 3.05) is 7.11 Å². The Morgan fingerprint density at radius 1 is 1.41 bits per heavy atom. The lowest BCUT2D eigenvalue weighted by molar-refractivity contribution is -0.138. The van der Waals surface area contributed by atoms with Gasteiger partial charge in [0.25, 0.3) is 0 Å². The number of halogens is 4. The maximum atomic E-state index is 12.8. The summed E-state index contributed by atoms with van der Waals surface area (Å²) in [4.78, 5) is 10.9. The average Bonchev–Trinajstić information content (AvgIpc) is 2.14. The van der Waals surface area contributed by atoms with Crippen molar-refractivity contribution < 1.29 is 22.7 Å². The molecule has 1 aromatic rings. The van der Waals surface area contributed by atoms with Gasteiger partial charge in [0, 0.05) is 6.42 Å². The zero-order valence-corrected chi connectivity index (χ0v) is 10.8. The normalized spacial score (nSPS) is 11.4. The van der Waals surface area contributed by atoms with E-state index in [0.29, 0.717) is 4.47 Å². The topological polar surface area (TPSA) is 26.3 Å². The largest absolute Gasteiger partial charge is 0.496 e. The van der Waals surface area contributed by atoms with E-state index in [4.69, 9.17) is 4.74 Å². The number of ketones is 1. The Morgan fingerprint density at radius 2 is 2.00 bits per heavy atom. The number of alkyl halides is 3. The van der Waals surface area contributed by atoms with E-state index in [1.807, 2.05) is 0 Å². The van der Waals surface area contributed by atoms with Gasteiger partial charge in [0.15, 0.2) is 0 Å². The van der Waals surface area contributed by atoms with Crippen LogP contribution in [-0.2, 0) is 17.4 Å². The van der Waals surface area contributed by atoms with Crippen LogP contribution in [0.15, 0.2) is 16.6 Å². The van der Waals surface area contributed by atoms with Gasteiger partial charge in [-0.15, -0.1) is 0 Å². The Hall–Kier alpha value is -1.04. The maximum Gasteiger partial charge on any atom is 0.416 e. The first-order chi connectivity index (χ1) is 7.75. The van der Waals surface area contributed by atoms with Crippen molar-refractivity contribution in [1.29, 1.82) is 0 Å². The molecule has 0 unspecified atom stereocenters. The molecule has 0 bridgehead atoms. The SMILES string of the molecule is COc1cc(C(F)(F)F)c(CC(C)=O)cc1Br. The van der Waals surface area contributed by atoms with Crippen molar-refractivity contribution >= 4 is 21.7 Å². The summed E-state index contributed by atoms with van der Waals surface area (Å²) < 4.78 is 43.5. The first kappa shape index (κ1) is 14.0. The van der Waals surface area contributed by atoms with Gasteiger partial charge in [-0.25, -0.2) is 0 Å². The number of hydrogen-bond donors (Lipinski definition) is 0. The Bertz CT molecular complexity index is 441. The average molecular weight is 311 g/mol. The molecule has 0 amide bonds. The molecule has 0 aliphatic heterocycles. The van der Waals surface area contributed by atoms with Crippen LogP contribution in [0, 0.1) is 0 Å². The molecule has 1 rings (SSSR count). The molecular formula is C11H10BrF3O2. The predicted octanol–water partition coefficient (Wildman–Crippen LogP) is 3.61. The van der Waals surface area contributed by atoms with E-state index in [-0.39, 0.29) is 23.5 Å². The van der Waals surface area contributed by atoms with Crippen LogP contribution in [-0.4, -0.2) is 12.9 Å². The molecule has 0 spiro atoms. The van der Waals surface area contributed by atoms with Crippen LogP contribution in [0.3, 0.4) is 0 Å². The Morgan fingerprint density at radius 3 is 2.41 bits per heavy atom. The molecule has 1 aromatic carbocycles. The highest BCUT2D eigenvalue weighted by Gasteiger charge is 2.34. The second kappa shape index (κ2) is 5.08. The molecule has 17 heavy (non-hydrogen) atoms. The van der Waals surface area contributed by atoms with Crippen molar-refractivity contribution in [2.45, 2.75) is 19.5 Å². The Labute approximate surface area is 105 Å². The highest BCUT2D eigenvalue weighted by atomic mass is 79.9. The summed E-state index contributed by atoms with van der Waals surface area (Å²) in [5.41, 5.74) is -0.898. The quantitative estimate of drug-likeness (QED) is 0.852. The molecule has 0 heterocycles. The van der Waals surface area contributed by atoms with Gasteiger partial charge in [0.2, 0.25) is 0 Å². The molecule has 0 aliphatic rings. The molecule has 0 radical (unpaired) electrons. The molecule has 0 atom stereocenters. The molecule has 0 aromatic heterocycles. The van der Waals surface area contributed by atoms with Crippen molar-refractivity contribution in [3.63, 3.8) is 0 Å². The summed E-state index contributed by atoms with van der Waals surface area (Å²) in [6, 6.07) is 2.16. The second-order valence-electron chi connectivity index (χ2n) is 3.52. The Kier molecular flexibility index (Phi) is 4.19. The summed E-state index contributed by atoms with van der Waals surface area (Å²) in [5, 5.41) is 0. The van der Waals surface area contributed by atoms with E-state index in [0.717, 1.165) is 6.07 Å². The fourth-order valence-electron chi connectivity index (χ4n) is 1.43. The minimum atomic E-state index is -4.50. The molecule has 0 aliphatic carbocycles. The van der Waals surface area contributed by atoms with Gasteiger partial charge in [0.1, 0.15) is 11.5 Å². The van der Waals surface area contributed by atoms with Gasteiger partial charge in [-0.3, -0.25) is 4.79 Å². The van der Waals surface area contributed by atoms with Gasteiger partial charge in [-0.05, 0) is 40.5 Å². The first-order valence-corrected chi connectivity index (χ1v) is 5.48. The highest BCUT2D eigenvalue weighted by Crippen LogP contribution is 2.38. The third kappa shape index (κ3) is 3.46. The van der Waals surface area contributed by atoms with Crippen molar-refractivity contribution in [1.82, 2.24) is 0 Å². The van der Waals surface area contributed by atoms with Gasteiger partial charge in [0.05, 0.1) is 17.1 Å². The summed E-state index contributed by atoms with van der Waals surface area (Å²) in [6.45, 7) is 1.25. The lowest BCUT2D eigenvalue weighted by atomic mass is 10.0. The Balaban J connectivity index is 3.36. The maximum absolute atomic E-state index is 12.8. The molecular weight excluding hydrogens is 301 g/mol. The van der Waals surface area contributed by atoms with Crippen molar-refractivity contribution in [3.8, 4) is 5.75 Å². The van der Waals surface area contributed by atoms with Crippen LogP contribution in [0.4, 0.5) is 13.2 Å². The fourth-order valence-corrected chi connectivity index (χ4v) is 1.98. The van der Waals surface area contributed by atoms with Crippen LogP contribution in [0.5, 0.6) is 5.75 Å². The molecule has 0 N–H and O–H groups in total. The summed E-state index contributed by atoms with van der Waals surface area (Å²) in [7, 11) is 1.28. The molecule has 0 saturated heterocycles. The van der Waals surface area contributed by atoms with E-state index < -0.39 is 11.7 Å². The number of rotatable bonds is 3. The zero-order chi connectivity index (χ0) is 13.2. The molecule has 0 saturated carbocycles. The number of carbonyl (C=O) groups excluding carboxylic acids is 1. The van der Waals surface area contributed by atoms with Crippen molar-refractivity contribution in [2.24, 2.45) is 0 Å². The number of carbonyl (C=O) groups is 1. The lowest BCUT2D eigenvalue weighted by Gasteiger charge is -2.14. The number of hydrogen-bond acceptors (Lipinski definition) is 2. The smallest absolute Gasteiger partial charge is 0.416 e.